The molecule has 1 N–H and O–H groups in total. The minimum absolute atomic E-state index is 0.277. The highest BCUT2D eigenvalue weighted by Crippen LogP contribution is 2.34. The largest absolute Gasteiger partial charge is 0.380 e. The maximum Gasteiger partial charge on any atom is 0.135 e. The number of rotatable bonds is 2. The summed E-state index contributed by atoms with van der Waals surface area (Å²) in [6.07, 6.45) is 0. The highest BCUT2D eigenvalue weighted by molar-refractivity contribution is 6.30. The summed E-state index contributed by atoms with van der Waals surface area (Å²) in [7, 11) is 0. The molecule has 2 aromatic rings. The summed E-state index contributed by atoms with van der Waals surface area (Å²) in [6.45, 7) is 2.87. The molecule has 2 rings (SSSR count). The van der Waals surface area contributed by atoms with Gasteiger partial charge in [0.15, 0.2) is 0 Å². The average molecular weight is 283 g/mol. The van der Waals surface area contributed by atoms with E-state index in [-0.39, 0.29) is 11.1 Å². The van der Waals surface area contributed by atoms with Crippen LogP contribution >= 0.6 is 11.6 Å². The Labute approximate surface area is 115 Å². The number of aliphatic hydroxyl groups is 1. The monoisotopic (exact) mass is 282 g/mol. The number of benzene rings is 2. The molecule has 0 saturated carbocycles. The molecule has 0 bridgehead atoms. The van der Waals surface area contributed by atoms with Crippen molar-refractivity contribution in [1.29, 1.82) is 0 Å². The molecule has 0 aromatic heterocycles. The lowest BCUT2D eigenvalue weighted by Gasteiger charge is -2.26. The summed E-state index contributed by atoms with van der Waals surface area (Å²) < 4.78 is 28.0. The smallest absolute Gasteiger partial charge is 0.135 e. The van der Waals surface area contributed by atoms with Crippen molar-refractivity contribution in [2.45, 2.75) is 19.4 Å². The predicted octanol–water partition coefficient (Wildman–Crippen LogP) is 4.18. The van der Waals surface area contributed by atoms with Gasteiger partial charge in [-0.3, -0.25) is 0 Å². The van der Waals surface area contributed by atoms with Gasteiger partial charge in [0.25, 0.3) is 0 Å². The van der Waals surface area contributed by atoms with E-state index in [1.165, 1.54) is 26.0 Å². The van der Waals surface area contributed by atoms with Gasteiger partial charge in [0.1, 0.15) is 17.2 Å². The zero-order valence-electron chi connectivity index (χ0n) is 10.5. The summed E-state index contributed by atoms with van der Waals surface area (Å²) in [6, 6.07) is 8.80. The first-order chi connectivity index (χ1) is 8.84. The third-order valence-electron chi connectivity index (χ3n) is 3.16. The second-order valence-electron chi connectivity index (χ2n) is 4.64. The fourth-order valence-electron chi connectivity index (χ4n) is 2.04. The van der Waals surface area contributed by atoms with E-state index in [2.05, 4.69) is 0 Å². The number of aryl methyl sites for hydroxylation is 1. The van der Waals surface area contributed by atoms with Gasteiger partial charge in [0.2, 0.25) is 0 Å². The van der Waals surface area contributed by atoms with Gasteiger partial charge >= 0.3 is 0 Å². The molecule has 1 unspecified atom stereocenters. The van der Waals surface area contributed by atoms with Crippen molar-refractivity contribution in [2.24, 2.45) is 0 Å². The highest BCUT2D eigenvalue weighted by Gasteiger charge is 2.32. The van der Waals surface area contributed by atoms with Crippen LogP contribution in [0.15, 0.2) is 36.4 Å². The van der Waals surface area contributed by atoms with Gasteiger partial charge < -0.3 is 5.11 Å². The number of hydrogen-bond donors (Lipinski definition) is 1. The number of hydrogen-bond acceptors (Lipinski definition) is 1. The van der Waals surface area contributed by atoms with Crippen LogP contribution in [0.2, 0.25) is 5.02 Å². The van der Waals surface area contributed by atoms with Gasteiger partial charge in [-0.1, -0.05) is 29.8 Å². The standard InChI is InChI=1S/C15H13ClF2O/c1-9-6-7-12(17)13(14(9)18)15(2,19)10-4-3-5-11(16)8-10/h3-8,19H,1-2H3. The number of halogens is 3. The van der Waals surface area contributed by atoms with Gasteiger partial charge in [-0.2, -0.15) is 0 Å². The lowest BCUT2D eigenvalue weighted by atomic mass is 9.86. The molecule has 19 heavy (non-hydrogen) atoms. The third kappa shape index (κ3) is 2.48. The summed E-state index contributed by atoms with van der Waals surface area (Å²) in [5.41, 5.74) is -1.54. The van der Waals surface area contributed by atoms with Crippen molar-refractivity contribution < 1.29 is 13.9 Å². The van der Waals surface area contributed by atoms with Gasteiger partial charge in [-0.15, -0.1) is 0 Å². The maximum atomic E-state index is 14.1. The van der Waals surface area contributed by atoms with Crippen molar-refractivity contribution >= 4 is 11.6 Å². The fourth-order valence-corrected chi connectivity index (χ4v) is 2.23. The second-order valence-corrected chi connectivity index (χ2v) is 5.07. The van der Waals surface area contributed by atoms with Crippen LogP contribution in [-0.2, 0) is 5.60 Å². The van der Waals surface area contributed by atoms with E-state index in [1.807, 2.05) is 0 Å². The molecule has 0 saturated heterocycles. The molecule has 0 aliphatic carbocycles. The molecule has 2 aromatic carbocycles. The van der Waals surface area contributed by atoms with Crippen LogP contribution in [0.4, 0.5) is 8.78 Å². The summed E-state index contributed by atoms with van der Waals surface area (Å²) in [5, 5.41) is 10.9. The second kappa shape index (κ2) is 4.91. The molecule has 0 radical (unpaired) electrons. The van der Waals surface area contributed by atoms with Crippen LogP contribution in [0.3, 0.4) is 0 Å². The Morgan fingerprint density at radius 1 is 1.16 bits per heavy atom. The van der Waals surface area contributed by atoms with Crippen molar-refractivity contribution in [1.82, 2.24) is 0 Å². The van der Waals surface area contributed by atoms with E-state index in [0.717, 1.165) is 6.07 Å². The van der Waals surface area contributed by atoms with Crippen LogP contribution in [-0.4, -0.2) is 5.11 Å². The molecule has 1 atom stereocenters. The SMILES string of the molecule is Cc1ccc(F)c(C(C)(O)c2cccc(Cl)c2)c1F. The van der Waals surface area contributed by atoms with E-state index < -0.39 is 17.2 Å². The molecule has 100 valence electrons. The molecule has 0 aliphatic rings. The quantitative estimate of drug-likeness (QED) is 0.876. The van der Waals surface area contributed by atoms with Crippen LogP contribution < -0.4 is 0 Å². The molecule has 0 spiro atoms. The van der Waals surface area contributed by atoms with E-state index in [0.29, 0.717) is 10.6 Å². The molecule has 0 amide bonds. The van der Waals surface area contributed by atoms with Crippen LogP contribution in [0.5, 0.6) is 0 Å². The van der Waals surface area contributed by atoms with Crippen molar-refractivity contribution in [3.63, 3.8) is 0 Å². The Balaban J connectivity index is 2.66. The predicted molar refractivity (Wildman–Crippen MR) is 71.2 cm³/mol. The lowest BCUT2D eigenvalue weighted by molar-refractivity contribution is 0.0932. The molecular formula is C15H13ClF2O. The van der Waals surface area contributed by atoms with Crippen molar-refractivity contribution in [2.75, 3.05) is 0 Å². The molecule has 1 nitrogen and oxygen atoms in total. The Morgan fingerprint density at radius 2 is 1.84 bits per heavy atom. The zero-order chi connectivity index (χ0) is 14.2. The van der Waals surface area contributed by atoms with Crippen LogP contribution in [0, 0.1) is 18.6 Å². The minimum Gasteiger partial charge on any atom is -0.380 e. The van der Waals surface area contributed by atoms with Gasteiger partial charge in [-0.05, 0) is 43.2 Å². The normalized spacial score (nSPS) is 14.2. The minimum atomic E-state index is -1.79. The Kier molecular flexibility index (Phi) is 3.61. The van der Waals surface area contributed by atoms with E-state index in [1.54, 1.807) is 18.2 Å². The first kappa shape index (κ1) is 14.0. The average Bonchev–Trinajstić information content (AvgIpc) is 2.34. The first-order valence-electron chi connectivity index (χ1n) is 5.77. The topological polar surface area (TPSA) is 20.2 Å². The van der Waals surface area contributed by atoms with E-state index in [4.69, 9.17) is 11.6 Å². The Morgan fingerprint density at radius 3 is 2.47 bits per heavy atom. The third-order valence-corrected chi connectivity index (χ3v) is 3.39. The van der Waals surface area contributed by atoms with E-state index >= 15 is 0 Å². The fraction of sp³-hybridized carbons (Fsp3) is 0.200. The van der Waals surface area contributed by atoms with Crippen molar-refractivity contribution in [3.8, 4) is 0 Å². The summed E-state index contributed by atoms with van der Waals surface area (Å²) in [5.74, 6) is -1.53. The Bertz CT molecular complexity index is 624. The van der Waals surface area contributed by atoms with Gasteiger partial charge in [0, 0.05) is 5.02 Å². The van der Waals surface area contributed by atoms with Gasteiger partial charge in [0.05, 0.1) is 5.56 Å². The Hall–Kier alpha value is -1.45. The first-order valence-corrected chi connectivity index (χ1v) is 6.15. The molecule has 4 heteroatoms. The summed E-state index contributed by atoms with van der Waals surface area (Å²) in [4.78, 5) is 0. The molecular weight excluding hydrogens is 270 g/mol. The van der Waals surface area contributed by atoms with E-state index in [9.17, 15) is 13.9 Å². The van der Waals surface area contributed by atoms with Crippen LogP contribution in [0.1, 0.15) is 23.6 Å². The van der Waals surface area contributed by atoms with Crippen molar-refractivity contribution in [3.05, 3.63) is 69.7 Å². The highest BCUT2D eigenvalue weighted by atomic mass is 35.5. The zero-order valence-corrected chi connectivity index (χ0v) is 11.3. The summed E-state index contributed by atoms with van der Waals surface area (Å²) >= 11 is 5.85. The maximum absolute atomic E-state index is 14.1. The lowest BCUT2D eigenvalue weighted by Crippen LogP contribution is -2.26. The molecule has 0 heterocycles. The van der Waals surface area contributed by atoms with Gasteiger partial charge in [-0.25, -0.2) is 8.78 Å². The molecule has 0 fully saturated rings. The molecule has 0 aliphatic heterocycles. The van der Waals surface area contributed by atoms with Crippen LogP contribution in [0.25, 0.3) is 0 Å².